The number of nitrogens with two attached hydrogens (primary N) is 1. The first-order valence-electron chi connectivity index (χ1n) is 5.14. The summed E-state index contributed by atoms with van der Waals surface area (Å²) in [5.74, 6) is 5.21. The Balaban J connectivity index is 2.25. The van der Waals surface area contributed by atoms with Crippen molar-refractivity contribution in [1.82, 2.24) is 5.43 Å². The molecule has 1 aromatic carbocycles. The van der Waals surface area contributed by atoms with Gasteiger partial charge in [0.1, 0.15) is 5.82 Å². The quantitative estimate of drug-likeness (QED) is 0.661. The van der Waals surface area contributed by atoms with Crippen molar-refractivity contribution in [2.45, 2.75) is 12.5 Å². The van der Waals surface area contributed by atoms with Crippen LogP contribution in [-0.2, 0) is 6.42 Å². The molecule has 0 aliphatic heterocycles. The second kappa shape index (κ2) is 5.60. The third kappa shape index (κ3) is 2.84. The van der Waals surface area contributed by atoms with E-state index in [0.717, 1.165) is 4.88 Å². The van der Waals surface area contributed by atoms with Crippen molar-refractivity contribution >= 4 is 22.9 Å². The van der Waals surface area contributed by atoms with Crippen LogP contribution in [0.25, 0.3) is 0 Å². The number of hydrogen-bond acceptors (Lipinski definition) is 3. The minimum atomic E-state index is -0.297. The van der Waals surface area contributed by atoms with Gasteiger partial charge in [0.15, 0.2) is 0 Å². The summed E-state index contributed by atoms with van der Waals surface area (Å²) in [6.45, 7) is 0. The van der Waals surface area contributed by atoms with Gasteiger partial charge in [-0.25, -0.2) is 4.39 Å². The van der Waals surface area contributed by atoms with Crippen LogP contribution in [0.5, 0.6) is 0 Å². The Morgan fingerprint density at radius 2 is 2.18 bits per heavy atom. The van der Waals surface area contributed by atoms with E-state index in [0.29, 0.717) is 17.0 Å². The van der Waals surface area contributed by atoms with Crippen molar-refractivity contribution < 1.29 is 4.39 Å². The zero-order valence-electron chi connectivity index (χ0n) is 8.99. The topological polar surface area (TPSA) is 38.0 Å². The Morgan fingerprint density at radius 1 is 1.35 bits per heavy atom. The molecule has 0 aliphatic carbocycles. The van der Waals surface area contributed by atoms with E-state index in [1.165, 1.54) is 6.07 Å². The Labute approximate surface area is 108 Å². The maximum atomic E-state index is 13.6. The number of halogens is 2. The van der Waals surface area contributed by atoms with Crippen molar-refractivity contribution in [3.8, 4) is 0 Å². The van der Waals surface area contributed by atoms with Gasteiger partial charge in [0.05, 0.1) is 6.04 Å². The molecule has 0 radical (unpaired) electrons. The summed E-state index contributed by atoms with van der Waals surface area (Å²) >= 11 is 7.57. The third-order valence-corrected chi connectivity index (χ3v) is 3.90. The summed E-state index contributed by atoms with van der Waals surface area (Å²) in [6.07, 6.45) is 0.433. The lowest BCUT2D eigenvalue weighted by molar-refractivity contribution is 0.535. The fourth-order valence-corrected chi connectivity index (χ4v) is 2.69. The van der Waals surface area contributed by atoms with Crippen molar-refractivity contribution in [2.75, 3.05) is 0 Å². The molecule has 1 unspecified atom stereocenters. The van der Waals surface area contributed by atoms with Crippen LogP contribution in [0.1, 0.15) is 16.5 Å². The zero-order chi connectivity index (χ0) is 12.3. The molecular formula is C12H12ClFN2S. The molecule has 1 heterocycles. The highest BCUT2D eigenvalue weighted by molar-refractivity contribution is 7.10. The Morgan fingerprint density at radius 3 is 2.76 bits per heavy atom. The van der Waals surface area contributed by atoms with E-state index in [2.05, 4.69) is 5.43 Å². The third-order valence-electron chi connectivity index (χ3n) is 2.56. The van der Waals surface area contributed by atoms with Gasteiger partial charge >= 0.3 is 0 Å². The van der Waals surface area contributed by atoms with Crippen molar-refractivity contribution in [3.05, 3.63) is 57.0 Å². The maximum absolute atomic E-state index is 13.6. The predicted octanol–water partition coefficient (Wildman–Crippen LogP) is 3.29. The van der Waals surface area contributed by atoms with Gasteiger partial charge in [0.25, 0.3) is 0 Å². The number of thiophene rings is 1. The largest absolute Gasteiger partial charge is 0.271 e. The van der Waals surface area contributed by atoms with E-state index in [1.54, 1.807) is 23.5 Å². The second-order valence-electron chi connectivity index (χ2n) is 3.64. The number of hydrazine groups is 1. The van der Waals surface area contributed by atoms with E-state index in [9.17, 15) is 4.39 Å². The average Bonchev–Trinajstić information content (AvgIpc) is 2.82. The van der Waals surface area contributed by atoms with Gasteiger partial charge in [0.2, 0.25) is 0 Å². The number of benzene rings is 1. The molecule has 3 N–H and O–H groups in total. The molecule has 1 aromatic heterocycles. The Kier molecular flexibility index (Phi) is 4.12. The fraction of sp³-hybridized carbons (Fsp3) is 0.167. The molecule has 0 amide bonds. The van der Waals surface area contributed by atoms with E-state index in [-0.39, 0.29) is 11.9 Å². The molecule has 2 nitrogen and oxygen atoms in total. The lowest BCUT2D eigenvalue weighted by atomic mass is 10.0. The molecule has 0 saturated carbocycles. The molecule has 90 valence electrons. The minimum absolute atomic E-state index is 0.121. The molecule has 17 heavy (non-hydrogen) atoms. The van der Waals surface area contributed by atoms with Crippen LogP contribution in [0.4, 0.5) is 4.39 Å². The first kappa shape index (κ1) is 12.5. The van der Waals surface area contributed by atoms with Gasteiger partial charge in [-0.3, -0.25) is 11.3 Å². The molecule has 0 aliphatic rings. The number of rotatable bonds is 4. The summed E-state index contributed by atoms with van der Waals surface area (Å²) in [4.78, 5) is 1.06. The average molecular weight is 271 g/mol. The monoisotopic (exact) mass is 270 g/mol. The first-order valence-corrected chi connectivity index (χ1v) is 6.40. The highest BCUT2D eigenvalue weighted by atomic mass is 35.5. The lowest BCUT2D eigenvalue weighted by Gasteiger charge is -2.15. The normalized spacial score (nSPS) is 12.6. The van der Waals surface area contributed by atoms with Gasteiger partial charge in [-0.15, -0.1) is 11.3 Å². The molecule has 2 rings (SSSR count). The highest BCUT2D eigenvalue weighted by Gasteiger charge is 2.16. The van der Waals surface area contributed by atoms with Crippen LogP contribution in [-0.4, -0.2) is 0 Å². The van der Waals surface area contributed by atoms with Crippen molar-refractivity contribution in [3.63, 3.8) is 0 Å². The van der Waals surface area contributed by atoms with E-state index >= 15 is 0 Å². The number of nitrogens with one attached hydrogen (secondary N) is 1. The van der Waals surface area contributed by atoms with Crippen LogP contribution >= 0.6 is 22.9 Å². The number of hydrogen-bond donors (Lipinski definition) is 2. The molecule has 0 spiro atoms. The molecule has 5 heteroatoms. The van der Waals surface area contributed by atoms with Crippen LogP contribution < -0.4 is 11.3 Å². The Hall–Kier alpha value is -0.940. The summed E-state index contributed by atoms with van der Waals surface area (Å²) in [5, 5.41) is 2.39. The fourth-order valence-electron chi connectivity index (χ4n) is 1.66. The summed E-state index contributed by atoms with van der Waals surface area (Å²) in [7, 11) is 0. The van der Waals surface area contributed by atoms with E-state index in [4.69, 9.17) is 17.4 Å². The zero-order valence-corrected chi connectivity index (χ0v) is 10.6. The molecule has 2 aromatic rings. The molecule has 0 saturated heterocycles. The maximum Gasteiger partial charge on any atom is 0.127 e. The van der Waals surface area contributed by atoms with Crippen LogP contribution in [0.3, 0.4) is 0 Å². The van der Waals surface area contributed by atoms with Crippen molar-refractivity contribution in [1.29, 1.82) is 0 Å². The van der Waals surface area contributed by atoms with Crippen LogP contribution in [0, 0.1) is 5.82 Å². The highest BCUT2D eigenvalue weighted by Crippen LogP contribution is 2.27. The van der Waals surface area contributed by atoms with E-state index in [1.807, 2.05) is 17.5 Å². The summed E-state index contributed by atoms with van der Waals surface area (Å²) < 4.78 is 13.6. The SMILES string of the molecule is NNC(Cc1c(F)cccc1Cl)c1cccs1. The molecule has 0 fully saturated rings. The van der Waals surface area contributed by atoms with Crippen molar-refractivity contribution in [2.24, 2.45) is 5.84 Å². The predicted molar refractivity (Wildman–Crippen MR) is 69.5 cm³/mol. The van der Waals surface area contributed by atoms with Gasteiger partial charge in [-0.1, -0.05) is 23.7 Å². The standard InChI is InChI=1S/C12H12ClFN2S/c13-9-3-1-4-10(14)8(9)7-11(16-15)12-5-2-6-17-12/h1-6,11,16H,7,15H2. The lowest BCUT2D eigenvalue weighted by Crippen LogP contribution is -2.29. The molecule has 0 bridgehead atoms. The molecule has 1 atom stereocenters. The van der Waals surface area contributed by atoms with Gasteiger partial charge in [-0.05, 0) is 30.0 Å². The first-order chi connectivity index (χ1) is 8.22. The summed E-state index contributed by atoms with van der Waals surface area (Å²) in [6, 6.07) is 8.46. The minimum Gasteiger partial charge on any atom is -0.271 e. The smallest absolute Gasteiger partial charge is 0.127 e. The second-order valence-corrected chi connectivity index (χ2v) is 5.03. The van der Waals surface area contributed by atoms with E-state index < -0.39 is 0 Å². The van der Waals surface area contributed by atoms with Gasteiger partial charge < -0.3 is 0 Å². The van der Waals surface area contributed by atoms with Crippen LogP contribution in [0.2, 0.25) is 5.02 Å². The van der Waals surface area contributed by atoms with Gasteiger partial charge in [0, 0.05) is 15.5 Å². The van der Waals surface area contributed by atoms with Crippen LogP contribution in [0.15, 0.2) is 35.7 Å². The summed E-state index contributed by atoms with van der Waals surface area (Å²) in [5.41, 5.74) is 3.18. The Bertz CT molecular complexity index is 467. The van der Waals surface area contributed by atoms with Gasteiger partial charge in [-0.2, -0.15) is 0 Å². The molecular weight excluding hydrogens is 259 g/mol.